The molecule has 1 aromatic rings. The van der Waals surface area contributed by atoms with Crippen LogP contribution in [0.15, 0.2) is 24.3 Å². The third kappa shape index (κ3) is 2.82. The summed E-state index contributed by atoms with van der Waals surface area (Å²) in [6.45, 7) is 5.59. The molecule has 1 saturated heterocycles. The summed E-state index contributed by atoms with van der Waals surface area (Å²) in [5.74, 6) is 0. The Morgan fingerprint density at radius 1 is 1.41 bits per heavy atom. The van der Waals surface area contributed by atoms with Crippen molar-refractivity contribution in [2.24, 2.45) is 5.73 Å². The first-order valence-electron chi connectivity index (χ1n) is 6.36. The van der Waals surface area contributed by atoms with E-state index in [9.17, 15) is 0 Å². The number of likely N-dealkylation sites (tertiary alicyclic amines) is 1. The molecule has 1 fully saturated rings. The lowest BCUT2D eigenvalue weighted by Gasteiger charge is -2.42. The zero-order valence-corrected chi connectivity index (χ0v) is 11.3. The van der Waals surface area contributed by atoms with Gasteiger partial charge in [0.05, 0.1) is 6.04 Å². The molecule has 0 bridgehead atoms. The molecule has 1 aliphatic rings. The highest BCUT2D eigenvalue weighted by atomic mass is 35.5. The fraction of sp³-hybridized carbons (Fsp3) is 0.571. The highest BCUT2D eigenvalue weighted by molar-refractivity contribution is 6.30. The van der Waals surface area contributed by atoms with Gasteiger partial charge in [0.1, 0.15) is 0 Å². The van der Waals surface area contributed by atoms with Crippen molar-refractivity contribution < 1.29 is 0 Å². The SMILES string of the molecule is CC(C)N1CCCC(N)C1c1cccc(Cl)c1. The average Bonchev–Trinajstić information content (AvgIpc) is 2.28. The summed E-state index contributed by atoms with van der Waals surface area (Å²) < 4.78 is 0. The van der Waals surface area contributed by atoms with Crippen LogP contribution in [0.3, 0.4) is 0 Å². The number of nitrogens with zero attached hydrogens (tertiary/aromatic N) is 1. The Bertz CT molecular complexity index is 378. The van der Waals surface area contributed by atoms with Gasteiger partial charge in [0.25, 0.3) is 0 Å². The van der Waals surface area contributed by atoms with Gasteiger partial charge in [-0.3, -0.25) is 4.90 Å². The molecule has 1 aliphatic heterocycles. The quantitative estimate of drug-likeness (QED) is 0.876. The minimum Gasteiger partial charge on any atom is -0.326 e. The molecule has 2 unspecified atom stereocenters. The van der Waals surface area contributed by atoms with Crippen LogP contribution in [0.2, 0.25) is 5.02 Å². The van der Waals surface area contributed by atoms with E-state index in [1.54, 1.807) is 0 Å². The first-order valence-corrected chi connectivity index (χ1v) is 6.74. The maximum absolute atomic E-state index is 6.30. The topological polar surface area (TPSA) is 29.3 Å². The number of benzene rings is 1. The second kappa shape index (κ2) is 5.38. The van der Waals surface area contributed by atoms with Gasteiger partial charge in [-0.25, -0.2) is 0 Å². The van der Waals surface area contributed by atoms with Gasteiger partial charge >= 0.3 is 0 Å². The standard InChI is InChI=1S/C14H21ClN2/c1-10(2)17-8-4-7-13(16)14(17)11-5-3-6-12(15)9-11/h3,5-6,9-10,13-14H,4,7-8,16H2,1-2H3. The van der Waals surface area contributed by atoms with Crippen LogP contribution in [-0.4, -0.2) is 23.5 Å². The minimum absolute atomic E-state index is 0.213. The zero-order chi connectivity index (χ0) is 12.4. The predicted octanol–water partition coefficient (Wildman–Crippen LogP) is 3.21. The van der Waals surface area contributed by atoms with Gasteiger partial charge < -0.3 is 5.73 Å². The van der Waals surface area contributed by atoms with Crippen LogP contribution in [0.4, 0.5) is 0 Å². The third-order valence-corrected chi connectivity index (χ3v) is 3.81. The van der Waals surface area contributed by atoms with Gasteiger partial charge in [-0.05, 0) is 50.9 Å². The molecule has 3 heteroatoms. The van der Waals surface area contributed by atoms with Crippen molar-refractivity contribution >= 4 is 11.6 Å². The lowest BCUT2D eigenvalue weighted by molar-refractivity contribution is 0.0947. The monoisotopic (exact) mass is 252 g/mol. The van der Waals surface area contributed by atoms with Crippen molar-refractivity contribution in [1.29, 1.82) is 0 Å². The molecule has 0 radical (unpaired) electrons. The summed E-state index contributed by atoms with van der Waals surface area (Å²) in [6.07, 6.45) is 2.29. The lowest BCUT2D eigenvalue weighted by Crippen LogP contribution is -2.48. The van der Waals surface area contributed by atoms with Crippen molar-refractivity contribution in [3.05, 3.63) is 34.9 Å². The molecule has 17 heavy (non-hydrogen) atoms. The second-order valence-electron chi connectivity index (χ2n) is 5.14. The van der Waals surface area contributed by atoms with E-state index in [-0.39, 0.29) is 6.04 Å². The van der Waals surface area contributed by atoms with Gasteiger partial charge in [-0.2, -0.15) is 0 Å². The van der Waals surface area contributed by atoms with Crippen LogP contribution in [0.25, 0.3) is 0 Å². The minimum atomic E-state index is 0.213. The Balaban J connectivity index is 2.31. The van der Waals surface area contributed by atoms with Gasteiger partial charge in [-0.15, -0.1) is 0 Å². The van der Waals surface area contributed by atoms with Crippen LogP contribution in [0.1, 0.15) is 38.3 Å². The van der Waals surface area contributed by atoms with E-state index in [0.717, 1.165) is 18.0 Å². The number of nitrogens with two attached hydrogens (primary N) is 1. The van der Waals surface area contributed by atoms with Crippen molar-refractivity contribution in [3.63, 3.8) is 0 Å². The van der Waals surface area contributed by atoms with Crippen molar-refractivity contribution in [3.8, 4) is 0 Å². The van der Waals surface area contributed by atoms with E-state index < -0.39 is 0 Å². The summed E-state index contributed by atoms with van der Waals surface area (Å²) in [6, 6.07) is 9.15. The highest BCUT2D eigenvalue weighted by Crippen LogP contribution is 2.32. The predicted molar refractivity (Wildman–Crippen MR) is 73.2 cm³/mol. The number of rotatable bonds is 2. The third-order valence-electron chi connectivity index (χ3n) is 3.57. The van der Waals surface area contributed by atoms with Gasteiger partial charge in [0.2, 0.25) is 0 Å². The molecule has 1 aromatic carbocycles. The Kier molecular flexibility index (Phi) is 4.08. The molecule has 0 aliphatic carbocycles. The normalized spacial score (nSPS) is 26.4. The van der Waals surface area contributed by atoms with Gasteiger partial charge in [0.15, 0.2) is 0 Å². The van der Waals surface area contributed by atoms with E-state index in [4.69, 9.17) is 17.3 Å². The highest BCUT2D eigenvalue weighted by Gasteiger charge is 2.31. The van der Waals surface area contributed by atoms with Crippen molar-refractivity contribution in [1.82, 2.24) is 4.90 Å². The van der Waals surface area contributed by atoms with E-state index in [0.29, 0.717) is 12.1 Å². The Morgan fingerprint density at radius 2 is 2.18 bits per heavy atom. The molecule has 0 spiro atoms. The molecule has 1 heterocycles. The number of hydrogen-bond acceptors (Lipinski definition) is 2. The van der Waals surface area contributed by atoms with E-state index in [2.05, 4.69) is 24.8 Å². The first kappa shape index (κ1) is 12.9. The first-order chi connectivity index (χ1) is 8.09. The summed E-state index contributed by atoms with van der Waals surface area (Å²) in [5.41, 5.74) is 7.55. The summed E-state index contributed by atoms with van der Waals surface area (Å²) in [7, 11) is 0. The smallest absolute Gasteiger partial charge is 0.0502 e. The van der Waals surface area contributed by atoms with Crippen LogP contribution < -0.4 is 5.73 Å². The van der Waals surface area contributed by atoms with E-state index in [1.807, 2.05) is 18.2 Å². The second-order valence-corrected chi connectivity index (χ2v) is 5.57. The van der Waals surface area contributed by atoms with Crippen LogP contribution in [0.5, 0.6) is 0 Å². The summed E-state index contributed by atoms with van der Waals surface area (Å²) in [5, 5.41) is 0.795. The lowest BCUT2D eigenvalue weighted by atomic mass is 9.90. The Hall–Kier alpha value is -0.570. The number of halogens is 1. The Morgan fingerprint density at radius 3 is 2.82 bits per heavy atom. The fourth-order valence-corrected chi connectivity index (χ4v) is 2.96. The fourth-order valence-electron chi connectivity index (χ4n) is 2.76. The molecule has 2 rings (SSSR count). The number of piperidine rings is 1. The van der Waals surface area contributed by atoms with Crippen LogP contribution >= 0.6 is 11.6 Å². The maximum atomic E-state index is 6.30. The molecule has 94 valence electrons. The summed E-state index contributed by atoms with van der Waals surface area (Å²) >= 11 is 6.08. The van der Waals surface area contributed by atoms with Crippen LogP contribution in [0, 0.1) is 0 Å². The van der Waals surface area contributed by atoms with Gasteiger partial charge in [-0.1, -0.05) is 23.7 Å². The molecule has 2 nitrogen and oxygen atoms in total. The summed E-state index contributed by atoms with van der Waals surface area (Å²) in [4.78, 5) is 2.49. The molecule has 0 saturated carbocycles. The molecule has 0 aromatic heterocycles. The Labute approximate surface area is 109 Å². The maximum Gasteiger partial charge on any atom is 0.0502 e. The molecule has 0 amide bonds. The zero-order valence-electron chi connectivity index (χ0n) is 10.6. The average molecular weight is 253 g/mol. The van der Waals surface area contributed by atoms with E-state index >= 15 is 0 Å². The van der Waals surface area contributed by atoms with Crippen LogP contribution in [-0.2, 0) is 0 Å². The largest absolute Gasteiger partial charge is 0.326 e. The van der Waals surface area contributed by atoms with Crippen molar-refractivity contribution in [2.45, 2.75) is 44.8 Å². The molecular weight excluding hydrogens is 232 g/mol. The number of hydrogen-bond donors (Lipinski definition) is 1. The van der Waals surface area contributed by atoms with Crippen molar-refractivity contribution in [2.75, 3.05) is 6.54 Å². The molecular formula is C14H21ClN2. The van der Waals surface area contributed by atoms with Gasteiger partial charge in [0, 0.05) is 17.1 Å². The molecule has 2 atom stereocenters. The molecule has 2 N–H and O–H groups in total. The van der Waals surface area contributed by atoms with E-state index in [1.165, 1.54) is 12.0 Å².